The van der Waals surface area contributed by atoms with Crippen LogP contribution in [0.5, 0.6) is 0 Å². The number of para-hydroxylation sites is 1. The largest absolute Gasteiger partial charge is 0.459 e. The van der Waals surface area contributed by atoms with Crippen molar-refractivity contribution in [2.24, 2.45) is 4.99 Å². The van der Waals surface area contributed by atoms with Crippen molar-refractivity contribution in [3.63, 3.8) is 0 Å². The number of hydrogen-bond donors (Lipinski definition) is 2. The number of benzene rings is 1. The molecular formula is C16H21N3O. The first kappa shape index (κ1) is 14.2. The molecule has 2 rings (SSSR count). The van der Waals surface area contributed by atoms with Crippen LogP contribution in [0.3, 0.4) is 0 Å². The second kappa shape index (κ2) is 6.80. The van der Waals surface area contributed by atoms with Crippen LogP contribution in [0, 0.1) is 6.92 Å². The summed E-state index contributed by atoms with van der Waals surface area (Å²) in [6, 6.07) is 8.06. The van der Waals surface area contributed by atoms with Crippen LogP contribution in [-0.4, -0.2) is 19.0 Å². The van der Waals surface area contributed by atoms with E-state index < -0.39 is 0 Å². The molecule has 1 heterocycles. The standard InChI is InChI=1S/C16H21N3O/c1-4-10-18-16(17-5-2)19-11-15-12(3)13-8-6-7-9-14(13)20-15/h4,6-9H,1,5,10-11H2,2-3H3,(H2,17,18,19). The SMILES string of the molecule is C=CCNC(=NCc1oc2ccccc2c1C)NCC. The fourth-order valence-corrected chi connectivity index (χ4v) is 2.04. The van der Waals surface area contributed by atoms with Crippen molar-refractivity contribution in [3.8, 4) is 0 Å². The van der Waals surface area contributed by atoms with Gasteiger partial charge in [0, 0.05) is 24.0 Å². The maximum Gasteiger partial charge on any atom is 0.191 e. The van der Waals surface area contributed by atoms with Gasteiger partial charge in [0.25, 0.3) is 0 Å². The molecule has 1 aromatic heterocycles. The highest BCUT2D eigenvalue weighted by Gasteiger charge is 2.09. The van der Waals surface area contributed by atoms with Gasteiger partial charge in [-0.15, -0.1) is 6.58 Å². The normalized spacial score (nSPS) is 11.6. The molecule has 0 radical (unpaired) electrons. The monoisotopic (exact) mass is 271 g/mol. The number of guanidine groups is 1. The van der Waals surface area contributed by atoms with Crippen molar-refractivity contribution in [3.05, 3.63) is 48.2 Å². The number of aliphatic imine (C=N–C) groups is 1. The van der Waals surface area contributed by atoms with Crippen molar-refractivity contribution in [2.75, 3.05) is 13.1 Å². The Morgan fingerprint density at radius 2 is 2.15 bits per heavy atom. The molecule has 2 aromatic rings. The van der Waals surface area contributed by atoms with Gasteiger partial charge in [0.1, 0.15) is 17.9 Å². The van der Waals surface area contributed by atoms with E-state index >= 15 is 0 Å². The summed E-state index contributed by atoms with van der Waals surface area (Å²) in [4.78, 5) is 4.53. The minimum atomic E-state index is 0.521. The van der Waals surface area contributed by atoms with E-state index in [1.165, 1.54) is 0 Å². The van der Waals surface area contributed by atoms with Crippen molar-refractivity contribution in [1.82, 2.24) is 10.6 Å². The Labute approximate surface area is 119 Å². The van der Waals surface area contributed by atoms with Crippen LogP contribution >= 0.6 is 0 Å². The first-order chi connectivity index (χ1) is 9.76. The number of furan rings is 1. The molecule has 0 atom stereocenters. The van der Waals surface area contributed by atoms with E-state index in [-0.39, 0.29) is 0 Å². The van der Waals surface area contributed by atoms with Crippen molar-refractivity contribution in [2.45, 2.75) is 20.4 Å². The van der Waals surface area contributed by atoms with E-state index in [2.05, 4.69) is 35.2 Å². The van der Waals surface area contributed by atoms with E-state index in [0.717, 1.165) is 34.8 Å². The molecule has 0 bridgehead atoms. The quantitative estimate of drug-likeness (QED) is 0.499. The third-order valence-electron chi connectivity index (χ3n) is 3.08. The fourth-order valence-electron chi connectivity index (χ4n) is 2.04. The van der Waals surface area contributed by atoms with Crippen LogP contribution in [0.4, 0.5) is 0 Å². The predicted octanol–water partition coefficient (Wildman–Crippen LogP) is 2.98. The molecule has 106 valence electrons. The zero-order chi connectivity index (χ0) is 14.4. The highest BCUT2D eigenvalue weighted by molar-refractivity contribution is 5.82. The van der Waals surface area contributed by atoms with Gasteiger partial charge >= 0.3 is 0 Å². The summed E-state index contributed by atoms with van der Waals surface area (Å²) in [6.07, 6.45) is 1.80. The van der Waals surface area contributed by atoms with Crippen LogP contribution in [0.25, 0.3) is 11.0 Å². The second-order valence-electron chi connectivity index (χ2n) is 4.51. The Kier molecular flexibility index (Phi) is 4.82. The number of rotatable bonds is 5. The third kappa shape index (κ3) is 3.20. The van der Waals surface area contributed by atoms with Gasteiger partial charge in [-0.25, -0.2) is 4.99 Å². The zero-order valence-corrected chi connectivity index (χ0v) is 12.1. The number of aryl methyl sites for hydroxylation is 1. The predicted molar refractivity (Wildman–Crippen MR) is 84.0 cm³/mol. The molecule has 1 aromatic carbocycles. The minimum absolute atomic E-state index is 0.521. The van der Waals surface area contributed by atoms with Gasteiger partial charge in [-0.1, -0.05) is 24.3 Å². The van der Waals surface area contributed by atoms with Crippen LogP contribution in [-0.2, 0) is 6.54 Å². The maximum atomic E-state index is 5.85. The molecule has 4 heteroatoms. The molecule has 0 aliphatic rings. The Balaban J connectivity index is 2.17. The van der Waals surface area contributed by atoms with Crippen molar-refractivity contribution < 1.29 is 4.42 Å². The lowest BCUT2D eigenvalue weighted by molar-refractivity contribution is 0.548. The van der Waals surface area contributed by atoms with Crippen molar-refractivity contribution >= 4 is 16.9 Å². The fraction of sp³-hybridized carbons (Fsp3) is 0.312. The molecule has 2 N–H and O–H groups in total. The Bertz CT molecular complexity index is 613. The first-order valence-corrected chi connectivity index (χ1v) is 6.86. The van der Waals surface area contributed by atoms with E-state index in [4.69, 9.17) is 4.42 Å². The average Bonchev–Trinajstić information content (AvgIpc) is 2.79. The van der Waals surface area contributed by atoms with Gasteiger partial charge < -0.3 is 15.1 Å². The second-order valence-corrected chi connectivity index (χ2v) is 4.51. The van der Waals surface area contributed by atoms with E-state index in [1.807, 2.05) is 25.1 Å². The molecule has 20 heavy (non-hydrogen) atoms. The Hall–Kier alpha value is -2.23. The highest BCUT2D eigenvalue weighted by Crippen LogP contribution is 2.25. The van der Waals surface area contributed by atoms with Gasteiger partial charge in [-0.2, -0.15) is 0 Å². The van der Waals surface area contributed by atoms with Gasteiger partial charge in [0.2, 0.25) is 0 Å². The van der Waals surface area contributed by atoms with Crippen LogP contribution in [0.1, 0.15) is 18.2 Å². The molecule has 0 saturated heterocycles. The minimum Gasteiger partial charge on any atom is -0.459 e. The average molecular weight is 271 g/mol. The van der Waals surface area contributed by atoms with Crippen molar-refractivity contribution in [1.29, 1.82) is 0 Å². The van der Waals surface area contributed by atoms with Gasteiger partial charge in [0.05, 0.1) is 0 Å². The van der Waals surface area contributed by atoms with Gasteiger partial charge in [-0.3, -0.25) is 0 Å². The Morgan fingerprint density at radius 3 is 2.85 bits per heavy atom. The number of hydrogen-bond acceptors (Lipinski definition) is 2. The molecule has 0 fully saturated rings. The summed E-state index contributed by atoms with van der Waals surface area (Å²) in [6.45, 7) is 9.83. The number of nitrogens with zero attached hydrogens (tertiary/aromatic N) is 1. The molecule has 0 aliphatic carbocycles. The molecule has 4 nitrogen and oxygen atoms in total. The maximum absolute atomic E-state index is 5.85. The molecule has 0 aliphatic heterocycles. The van der Waals surface area contributed by atoms with Crippen LogP contribution in [0.2, 0.25) is 0 Å². The first-order valence-electron chi connectivity index (χ1n) is 6.86. The molecular weight excluding hydrogens is 250 g/mol. The Morgan fingerprint density at radius 1 is 1.35 bits per heavy atom. The summed E-state index contributed by atoms with van der Waals surface area (Å²) in [5.74, 6) is 1.68. The van der Waals surface area contributed by atoms with Crippen LogP contribution < -0.4 is 10.6 Å². The summed E-state index contributed by atoms with van der Waals surface area (Å²) in [5.41, 5.74) is 2.07. The van der Waals surface area contributed by atoms with Crippen LogP contribution in [0.15, 0.2) is 46.3 Å². The lowest BCUT2D eigenvalue weighted by atomic mass is 10.1. The van der Waals surface area contributed by atoms with E-state index in [9.17, 15) is 0 Å². The van der Waals surface area contributed by atoms with Gasteiger partial charge in [0.15, 0.2) is 5.96 Å². The lowest BCUT2D eigenvalue weighted by Crippen LogP contribution is -2.37. The summed E-state index contributed by atoms with van der Waals surface area (Å²) >= 11 is 0. The zero-order valence-electron chi connectivity index (χ0n) is 12.1. The topological polar surface area (TPSA) is 49.6 Å². The number of fused-ring (bicyclic) bond motifs is 1. The highest BCUT2D eigenvalue weighted by atomic mass is 16.3. The van der Waals surface area contributed by atoms with Gasteiger partial charge in [-0.05, 0) is 19.9 Å². The molecule has 0 unspecified atom stereocenters. The molecule has 0 amide bonds. The summed E-state index contributed by atoms with van der Waals surface area (Å²) in [5, 5.41) is 7.52. The van der Waals surface area contributed by atoms with E-state index in [1.54, 1.807) is 6.08 Å². The number of nitrogens with one attached hydrogen (secondary N) is 2. The lowest BCUT2D eigenvalue weighted by Gasteiger charge is -2.08. The third-order valence-corrected chi connectivity index (χ3v) is 3.08. The summed E-state index contributed by atoms with van der Waals surface area (Å²) < 4.78 is 5.85. The molecule has 0 spiro atoms. The smallest absolute Gasteiger partial charge is 0.191 e. The molecule has 0 saturated carbocycles. The van der Waals surface area contributed by atoms with E-state index in [0.29, 0.717) is 13.1 Å². The summed E-state index contributed by atoms with van der Waals surface area (Å²) in [7, 11) is 0.